The van der Waals surface area contributed by atoms with Gasteiger partial charge in [0, 0.05) is 25.9 Å². The predicted molar refractivity (Wildman–Crippen MR) is 67.4 cm³/mol. The number of hydrogen-bond donors (Lipinski definition) is 1. The number of sulfonamides is 1. The van der Waals surface area contributed by atoms with E-state index in [0.29, 0.717) is 26.1 Å². The van der Waals surface area contributed by atoms with Gasteiger partial charge in [0.05, 0.1) is 6.10 Å². The molecule has 6 nitrogen and oxygen atoms in total. The SMILES string of the molecule is CC1CN(S(=O)(=O)c2cccnc2N)CCCO1. The Balaban J connectivity index is 2.33. The standard InChI is InChI=1S/C11H17N3O3S/c1-9-8-14(6-3-7-17-9)18(15,16)10-4-2-5-13-11(10)12/h2,4-5,9H,3,6-8H2,1H3,(H2,12,13). The largest absolute Gasteiger partial charge is 0.383 e. The van der Waals surface area contributed by atoms with Crippen molar-refractivity contribution >= 4 is 15.8 Å². The van der Waals surface area contributed by atoms with Gasteiger partial charge in [-0.25, -0.2) is 13.4 Å². The Labute approximate surface area is 107 Å². The minimum Gasteiger partial charge on any atom is -0.383 e. The van der Waals surface area contributed by atoms with Crippen molar-refractivity contribution in [2.45, 2.75) is 24.3 Å². The normalized spacial score (nSPS) is 22.6. The summed E-state index contributed by atoms with van der Waals surface area (Å²) in [5.41, 5.74) is 5.64. The molecule has 1 atom stereocenters. The Kier molecular flexibility index (Phi) is 3.84. The zero-order valence-electron chi connectivity index (χ0n) is 10.2. The van der Waals surface area contributed by atoms with E-state index in [1.54, 1.807) is 6.07 Å². The second kappa shape index (κ2) is 5.21. The maximum absolute atomic E-state index is 12.5. The van der Waals surface area contributed by atoms with Crippen LogP contribution in [0.3, 0.4) is 0 Å². The number of hydrogen-bond acceptors (Lipinski definition) is 5. The molecule has 1 aliphatic heterocycles. The molecule has 0 spiro atoms. The molecule has 7 heteroatoms. The highest BCUT2D eigenvalue weighted by Gasteiger charge is 2.29. The number of nitrogens with zero attached hydrogens (tertiary/aromatic N) is 2. The summed E-state index contributed by atoms with van der Waals surface area (Å²) in [6.45, 7) is 3.23. The fourth-order valence-corrected chi connectivity index (χ4v) is 3.56. The van der Waals surface area contributed by atoms with Gasteiger partial charge in [-0.2, -0.15) is 4.31 Å². The van der Waals surface area contributed by atoms with Crippen molar-refractivity contribution in [3.05, 3.63) is 18.3 Å². The van der Waals surface area contributed by atoms with Crippen molar-refractivity contribution in [2.75, 3.05) is 25.4 Å². The van der Waals surface area contributed by atoms with Gasteiger partial charge < -0.3 is 10.5 Å². The summed E-state index contributed by atoms with van der Waals surface area (Å²) < 4.78 is 31.8. The van der Waals surface area contributed by atoms with Crippen LogP contribution in [-0.2, 0) is 14.8 Å². The highest BCUT2D eigenvalue weighted by Crippen LogP contribution is 2.22. The number of rotatable bonds is 2. The smallest absolute Gasteiger partial charge is 0.246 e. The first kappa shape index (κ1) is 13.3. The van der Waals surface area contributed by atoms with Gasteiger partial charge in [0.15, 0.2) is 0 Å². The van der Waals surface area contributed by atoms with E-state index in [1.807, 2.05) is 6.92 Å². The van der Waals surface area contributed by atoms with Crippen LogP contribution >= 0.6 is 0 Å². The summed E-state index contributed by atoms with van der Waals surface area (Å²) in [5.74, 6) is 0.0373. The first-order valence-electron chi connectivity index (χ1n) is 5.84. The molecule has 1 aromatic heterocycles. The predicted octanol–water partition coefficient (Wildman–Crippen LogP) is 0.463. The Hall–Kier alpha value is -1.18. The number of anilines is 1. The molecule has 0 saturated carbocycles. The van der Waals surface area contributed by atoms with E-state index < -0.39 is 10.0 Å². The second-order valence-corrected chi connectivity index (χ2v) is 6.19. The van der Waals surface area contributed by atoms with Gasteiger partial charge in [0.2, 0.25) is 10.0 Å². The van der Waals surface area contributed by atoms with E-state index in [0.717, 1.165) is 0 Å². The molecule has 2 rings (SSSR count). The Morgan fingerprint density at radius 1 is 1.56 bits per heavy atom. The van der Waals surface area contributed by atoms with Gasteiger partial charge in [-0.1, -0.05) is 0 Å². The van der Waals surface area contributed by atoms with E-state index in [1.165, 1.54) is 16.6 Å². The minimum absolute atomic E-state index is 0.0373. The van der Waals surface area contributed by atoms with Crippen LogP contribution in [0.25, 0.3) is 0 Å². The van der Waals surface area contributed by atoms with Crippen molar-refractivity contribution in [1.29, 1.82) is 0 Å². The third kappa shape index (κ3) is 2.63. The molecule has 0 aromatic carbocycles. The van der Waals surface area contributed by atoms with Crippen LogP contribution in [0.5, 0.6) is 0 Å². The van der Waals surface area contributed by atoms with E-state index in [2.05, 4.69) is 4.98 Å². The lowest BCUT2D eigenvalue weighted by Gasteiger charge is -2.21. The van der Waals surface area contributed by atoms with Crippen LogP contribution in [-0.4, -0.2) is 43.5 Å². The highest BCUT2D eigenvalue weighted by atomic mass is 32.2. The maximum Gasteiger partial charge on any atom is 0.246 e. The molecule has 1 saturated heterocycles. The first-order valence-corrected chi connectivity index (χ1v) is 7.28. The fraction of sp³-hybridized carbons (Fsp3) is 0.545. The molecule has 1 aromatic rings. The lowest BCUT2D eigenvalue weighted by Crippen LogP contribution is -2.36. The summed E-state index contributed by atoms with van der Waals surface area (Å²) in [7, 11) is -3.58. The van der Waals surface area contributed by atoms with Gasteiger partial charge in [-0.15, -0.1) is 0 Å². The number of nitrogens with two attached hydrogens (primary N) is 1. The zero-order chi connectivity index (χ0) is 13.2. The summed E-state index contributed by atoms with van der Waals surface area (Å²) in [5, 5.41) is 0. The van der Waals surface area contributed by atoms with E-state index in [4.69, 9.17) is 10.5 Å². The molecule has 2 heterocycles. The summed E-state index contributed by atoms with van der Waals surface area (Å²) in [6, 6.07) is 3.05. The molecule has 0 bridgehead atoms. The molecule has 100 valence electrons. The minimum atomic E-state index is -3.58. The van der Waals surface area contributed by atoms with Crippen molar-refractivity contribution in [3.8, 4) is 0 Å². The number of ether oxygens (including phenoxy) is 1. The average molecular weight is 271 g/mol. The van der Waals surface area contributed by atoms with Gasteiger partial charge in [0.25, 0.3) is 0 Å². The number of aromatic nitrogens is 1. The van der Waals surface area contributed by atoms with Crippen LogP contribution in [0.15, 0.2) is 23.2 Å². The monoisotopic (exact) mass is 271 g/mol. The molecular formula is C11H17N3O3S. The quantitative estimate of drug-likeness (QED) is 0.844. The van der Waals surface area contributed by atoms with Gasteiger partial charge in [0.1, 0.15) is 10.7 Å². The van der Waals surface area contributed by atoms with Crippen LogP contribution in [0.2, 0.25) is 0 Å². The highest BCUT2D eigenvalue weighted by molar-refractivity contribution is 7.89. The molecule has 18 heavy (non-hydrogen) atoms. The van der Waals surface area contributed by atoms with Crippen molar-refractivity contribution in [1.82, 2.24) is 9.29 Å². The molecule has 0 amide bonds. The Bertz CT molecular complexity index is 518. The zero-order valence-corrected chi connectivity index (χ0v) is 11.1. The van der Waals surface area contributed by atoms with Crippen LogP contribution in [0, 0.1) is 0 Å². The summed E-state index contributed by atoms with van der Waals surface area (Å²) in [6.07, 6.45) is 2.05. The van der Waals surface area contributed by atoms with Gasteiger partial charge in [-0.3, -0.25) is 0 Å². The topological polar surface area (TPSA) is 85.5 Å². The molecule has 2 N–H and O–H groups in total. The van der Waals surface area contributed by atoms with Gasteiger partial charge in [-0.05, 0) is 25.5 Å². The lowest BCUT2D eigenvalue weighted by atomic mass is 10.4. The van der Waals surface area contributed by atoms with Gasteiger partial charge >= 0.3 is 0 Å². The summed E-state index contributed by atoms with van der Waals surface area (Å²) >= 11 is 0. The van der Waals surface area contributed by atoms with Crippen molar-refractivity contribution < 1.29 is 13.2 Å². The molecular weight excluding hydrogens is 254 g/mol. The van der Waals surface area contributed by atoms with E-state index >= 15 is 0 Å². The Morgan fingerprint density at radius 3 is 3.06 bits per heavy atom. The van der Waals surface area contributed by atoms with Crippen molar-refractivity contribution in [2.24, 2.45) is 0 Å². The molecule has 1 aliphatic rings. The maximum atomic E-state index is 12.5. The Morgan fingerprint density at radius 2 is 2.33 bits per heavy atom. The molecule has 1 fully saturated rings. The van der Waals surface area contributed by atoms with Crippen LogP contribution in [0.1, 0.15) is 13.3 Å². The third-order valence-corrected chi connectivity index (χ3v) is 4.75. The summed E-state index contributed by atoms with van der Waals surface area (Å²) in [4.78, 5) is 3.89. The first-order chi connectivity index (χ1) is 8.51. The van der Waals surface area contributed by atoms with E-state index in [9.17, 15) is 8.42 Å². The van der Waals surface area contributed by atoms with Crippen LogP contribution < -0.4 is 5.73 Å². The van der Waals surface area contributed by atoms with Crippen molar-refractivity contribution in [3.63, 3.8) is 0 Å². The van der Waals surface area contributed by atoms with Crippen LogP contribution in [0.4, 0.5) is 5.82 Å². The molecule has 0 radical (unpaired) electrons. The van der Waals surface area contributed by atoms with E-state index in [-0.39, 0.29) is 16.8 Å². The molecule has 1 unspecified atom stereocenters. The number of nitrogen functional groups attached to an aromatic ring is 1. The lowest BCUT2D eigenvalue weighted by molar-refractivity contribution is 0.0752. The third-order valence-electron chi connectivity index (χ3n) is 2.83. The fourth-order valence-electron chi connectivity index (χ4n) is 1.93. The molecule has 0 aliphatic carbocycles. The number of pyridine rings is 1. The average Bonchev–Trinajstić information content (AvgIpc) is 2.54. The second-order valence-electron chi connectivity index (χ2n) is 4.28.